The van der Waals surface area contributed by atoms with Crippen LogP contribution in [0.1, 0.15) is 48.1 Å². The third kappa shape index (κ3) is 3.31. The Hall–Kier alpha value is -2.77. The molecule has 1 aliphatic carbocycles. The van der Waals surface area contributed by atoms with Gasteiger partial charge in [-0.3, -0.25) is 9.69 Å². The topological polar surface area (TPSA) is 80.5 Å². The van der Waals surface area contributed by atoms with Crippen molar-refractivity contribution in [3.63, 3.8) is 0 Å². The number of carbonyl (C=O) groups excluding carboxylic acids is 1. The van der Waals surface area contributed by atoms with E-state index in [0.717, 1.165) is 80.2 Å². The van der Waals surface area contributed by atoms with Crippen molar-refractivity contribution in [3.05, 3.63) is 53.5 Å². The summed E-state index contributed by atoms with van der Waals surface area (Å²) < 4.78 is 7.98. The van der Waals surface area contributed by atoms with E-state index in [-0.39, 0.29) is 23.2 Å². The average molecular weight is 433 g/mol. The number of ether oxygens (including phenoxy) is 1. The summed E-state index contributed by atoms with van der Waals surface area (Å²) in [5.74, 6) is 1.80. The minimum Gasteiger partial charge on any atom is -0.493 e. The summed E-state index contributed by atoms with van der Waals surface area (Å²) >= 11 is 0. The Morgan fingerprint density at radius 3 is 2.88 bits per heavy atom. The number of carbonyl (C=O) groups is 1. The van der Waals surface area contributed by atoms with Crippen LogP contribution in [0.15, 0.2) is 36.4 Å². The number of piperidine rings is 1. The van der Waals surface area contributed by atoms with Crippen LogP contribution < -0.4 is 0 Å². The second-order valence-electron chi connectivity index (χ2n) is 9.60. The molecule has 0 radical (unpaired) electrons. The number of rotatable bonds is 6. The van der Waals surface area contributed by atoms with E-state index in [1.165, 1.54) is 0 Å². The molecule has 166 valence electrons. The number of hydrogen-bond acceptors (Lipinski definition) is 6. The lowest BCUT2D eigenvalue weighted by Gasteiger charge is -2.32. The molecule has 3 aromatic rings. The molecule has 7 heteroatoms. The molecule has 3 atom stereocenters. The van der Waals surface area contributed by atoms with Crippen LogP contribution in [0, 0.1) is 5.92 Å². The van der Waals surface area contributed by atoms with Gasteiger partial charge in [0.25, 0.3) is 0 Å². The molecule has 6 rings (SSSR count). The maximum atomic E-state index is 11.9. The smallest absolute Gasteiger partial charge is 0.210 e. The molecule has 2 saturated heterocycles. The third-order valence-corrected chi connectivity index (χ3v) is 7.61. The quantitative estimate of drug-likeness (QED) is 0.602. The molecular formula is C25H28N4O3. The highest BCUT2D eigenvalue weighted by molar-refractivity contribution is 5.97. The summed E-state index contributed by atoms with van der Waals surface area (Å²) in [6, 6.07) is 11.4. The first kappa shape index (κ1) is 19.9. The normalized spacial score (nSPS) is 27.2. The van der Waals surface area contributed by atoms with Crippen molar-refractivity contribution in [2.75, 3.05) is 19.7 Å². The minimum absolute atomic E-state index is 0.0720. The van der Waals surface area contributed by atoms with E-state index in [9.17, 15) is 9.90 Å². The van der Waals surface area contributed by atoms with E-state index >= 15 is 0 Å². The number of aromatic hydroxyl groups is 1. The number of ketones is 1. The number of fused-ring (bicyclic) bond motifs is 2. The van der Waals surface area contributed by atoms with Gasteiger partial charge in [-0.05, 0) is 62.9 Å². The lowest BCUT2D eigenvalue weighted by Crippen LogP contribution is -2.37. The summed E-state index contributed by atoms with van der Waals surface area (Å²) in [4.78, 5) is 23.8. The SMILES string of the molecule is CC(=O)c1ccc2nc(CN3CCC4(c5cccc(O)n5)CC4C3)n(C[C@@H]3CCO3)c2c1. The molecule has 1 saturated carbocycles. The first-order valence-corrected chi connectivity index (χ1v) is 11.5. The zero-order valence-electron chi connectivity index (χ0n) is 18.3. The van der Waals surface area contributed by atoms with Gasteiger partial charge in [0, 0.05) is 30.2 Å². The molecule has 32 heavy (non-hydrogen) atoms. The standard InChI is InChI=1S/C25H28N4O3/c1-16(30)17-5-6-20-21(11-17)29(14-19-7-10-32-19)23(26-20)15-28-9-8-25(12-18(25)13-28)22-3-2-4-24(31)27-22/h2-6,11,18-19H,7-10,12-15H2,1H3,(H,27,31)/t18?,19-,25?/m0/s1. The summed E-state index contributed by atoms with van der Waals surface area (Å²) in [5, 5.41) is 9.81. The number of aromatic nitrogens is 3. The fourth-order valence-electron chi connectivity index (χ4n) is 5.52. The molecule has 2 aromatic heterocycles. The molecule has 1 aromatic carbocycles. The van der Waals surface area contributed by atoms with Crippen molar-refractivity contribution in [2.24, 2.45) is 5.92 Å². The van der Waals surface area contributed by atoms with Gasteiger partial charge in [-0.1, -0.05) is 6.07 Å². The van der Waals surface area contributed by atoms with Crippen LogP contribution in [0.4, 0.5) is 0 Å². The van der Waals surface area contributed by atoms with Crippen molar-refractivity contribution in [3.8, 4) is 5.88 Å². The Bertz CT molecular complexity index is 1200. The van der Waals surface area contributed by atoms with Crippen LogP contribution in [0.25, 0.3) is 11.0 Å². The molecule has 0 bridgehead atoms. The lowest BCUT2D eigenvalue weighted by molar-refractivity contribution is -0.0592. The van der Waals surface area contributed by atoms with Crippen LogP contribution in [-0.2, 0) is 23.2 Å². The minimum atomic E-state index is 0.0720. The van der Waals surface area contributed by atoms with Crippen LogP contribution in [0.2, 0.25) is 0 Å². The number of nitrogens with zero attached hydrogens (tertiary/aromatic N) is 4. The zero-order valence-corrected chi connectivity index (χ0v) is 18.3. The fraction of sp³-hybridized carbons (Fsp3) is 0.480. The largest absolute Gasteiger partial charge is 0.493 e. The molecule has 7 nitrogen and oxygen atoms in total. The van der Waals surface area contributed by atoms with Gasteiger partial charge in [-0.2, -0.15) is 0 Å². The van der Waals surface area contributed by atoms with Crippen molar-refractivity contribution >= 4 is 16.8 Å². The number of Topliss-reactive ketones (excluding diaryl/α,β-unsaturated/α-hetero) is 1. The molecule has 3 aliphatic rings. The first-order chi connectivity index (χ1) is 15.5. The van der Waals surface area contributed by atoms with Crippen LogP contribution in [0.3, 0.4) is 0 Å². The molecule has 3 fully saturated rings. The predicted octanol–water partition coefficient (Wildman–Crippen LogP) is 3.29. The monoisotopic (exact) mass is 432 g/mol. The van der Waals surface area contributed by atoms with Crippen LogP contribution in [0.5, 0.6) is 5.88 Å². The van der Waals surface area contributed by atoms with Gasteiger partial charge in [0.05, 0.1) is 35.9 Å². The Morgan fingerprint density at radius 2 is 2.16 bits per heavy atom. The Morgan fingerprint density at radius 1 is 1.28 bits per heavy atom. The van der Waals surface area contributed by atoms with E-state index in [0.29, 0.717) is 5.92 Å². The second kappa shape index (κ2) is 7.39. The number of likely N-dealkylation sites (tertiary alicyclic amines) is 1. The summed E-state index contributed by atoms with van der Waals surface area (Å²) in [6.45, 7) is 5.99. The highest BCUT2D eigenvalue weighted by Gasteiger charge is 2.58. The van der Waals surface area contributed by atoms with Crippen LogP contribution in [-0.4, -0.2) is 56.1 Å². The summed E-state index contributed by atoms with van der Waals surface area (Å²) in [5.41, 5.74) is 3.84. The van der Waals surface area contributed by atoms with Gasteiger partial charge < -0.3 is 14.4 Å². The average Bonchev–Trinajstić information content (AvgIpc) is 3.39. The lowest BCUT2D eigenvalue weighted by atomic mass is 9.91. The Kier molecular flexibility index (Phi) is 4.59. The van der Waals surface area contributed by atoms with E-state index in [2.05, 4.69) is 20.5 Å². The van der Waals surface area contributed by atoms with Crippen molar-refractivity contribution in [1.82, 2.24) is 19.4 Å². The predicted molar refractivity (Wildman–Crippen MR) is 120 cm³/mol. The van der Waals surface area contributed by atoms with Gasteiger partial charge in [0.15, 0.2) is 5.78 Å². The Balaban J connectivity index is 1.25. The van der Waals surface area contributed by atoms with Crippen molar-refractivity contribution in [1.29, 1.82) is 0 Å². The molecule has 2 unspecified atom stereocenters. The highest BCUT2D eigenvalue weighted by Crippen LogP contribution is 2.58. The maximum absolute atomic E-state index is 11.9. The number of hydrogen-bond donors (Lipinski definition) is 1. The zero-order chi connectivity index (χ0) is 21.9. The maximum Gasteiger partial charge on any atom is 0.210 e. The second-order valence-corrected chi connectivity index (χ2v) is 9.60. The molecular weight excluding hydrogens is 404 g/mol. The molecule has 0 spiro atoms. The van der Waals surface area contributed by atoms with Crippen LogP contribution >= 0.6 is 0 Å². The van der Waals surface area contributed by atoms with Gasteiger partial charge in [0.2, 0.25) is 5.88 Å². The van der Waals surface area contributed by atoms with Crippen molar-refractivity contribution in [2.45, 2.75) is 50.8 Å². The van der Waals surface area contributed by atoms with E-state index in [1.54, 1.807) is 13.0 Å². The highest BCUT2D eigenvalue weighted by atomic mass is 16.5. The van der Waals surface area contributed by atoms with Gasteiger partial charge >= 0.3 is 0 Å². The van der Waals surface area contributed by atoms with Gasteiger partial charge in [-0.15, -0.1) is 0 Å². The number of imidazole rings is 1. The number of benzene rings is 1. The third-order valence-electron chi connectivity index (χ3n) is 7.61. The van der Waals surface area contributed by atoms with E-state index in [1.807, 2.05) is 24.3 Å². The van der Waals surface area contributed by atoms with Gasteiger partial charge in [-0.25, -0.2) is 9.97 Å². The van der Waals surface area contributed by atoms with Gasteiger partial charge in [0.1, 0.15) is 5.82 Å². The number of pyridine rings is 1. The first-order valence-electron chi connectivity index (χ1n) is 11.5. The molecule has 4 heterocycles. The van der Waals surface area contributed by atoms with E-state index in [4.69, 9.17) is 9.72 Å². The summed E-state index contributed by atoms with van der Waals surface area (Å²) in [7, 11) is 0. The fourth-order valence-corrected chi connectivity index (χ4v) is 5.52. The van der Waals surface area contributed by atoms with E-state index < -0.39 is 0 Å². The molecule has 0 amide bonds. The molecule has 1 N–H and O–H groups in total. The summed E-state index contributed by atoms with van der Waals surface area (Å²) in [6.07, 6.45) is 3.47. The van der Waals surface area contributed by atoms with Crippen molar-refractivity contribution < 1.29 is 14.6 Å². The molecule has 2 aliphatic heterocycles. The Labute approximate surface area is 187 Å².